The molecule has 2 unspecified atom stereocenters. The van der Waals surface area contributed by atoms with E-state index in [1.807, 2.05) is 20.8 Å². The van der Waals surface area contributed by atoms with E-state index in [0.29, 0.717) is 18.4 Å². The van der Waals surface area contributed by atoms with Gasteiger partial charge < -0.3 is 4.74 Å². The highest BCUT2D eigenvalue weighted by Crippen LogP contribution is 2.44. The molecule has 3 heteroatoms. The Morgan fingerprint density at radius 1 is 1.33 bits per heavy atom. The largest absolute Gasteiger partial charge is 0.460 e. The number of benzene rings is 1. The normalized spacial score (nSPS) is 26.3. The van der Waals surface area contributed by atoms with Crippen LogP contribution < -0.4 is 0 Å². The van der Waals surface area contributed by atoms with Crippen molar-refractivity contribution in [1.29, 1.82) is 0 Å². The molecule has 1 heterocycles. The minimum absolute atomic E-state index is 0.0138. The number of hydrogen-bond acceptors (Lipinski definition) is 3. The van der Waals surface area contributed by atoms with Crippen LogP contribution in [0.2, 0.25) is 0 Å². The number of rotatable bonds is 5. The summed E-state index contributed by atoms with van der Waals surface area (Å²) in [6, 6.07) is 11.0. The molecule has 1 aliphatic heterocycles. The maximum atomic E-state index is 12.4. The number of carbonyl (C=O) groups excluding carboxylic acids is 1. The predicted molar refractivity (Wildman–Crippen MR) is 98.8 cm³/mol. The molecule has 0 radical (unpaired) electrons. The molecule has 0 aromatic heterocycles. The first-order valence-electron chi connectivity index (χ1n) is 9.15. The Morgan fingerprint density at radius 2 is 1.96 bits per heavy atom. The molecule has 1 aromatic carbocycles. The van der Waals surface area contributed by atoms with E-state index in [9.17, 15) is 4.79 Å². The highest BCUT2D eigenvalue weighted by Gasteiger charge is 2.45. The van der Waals surface area contributed by atoms with E-state index < -0.39 is 5.60 Å². The van der Waals surface area contributed by atoms with Crippen LogP contribution in [0.1, 0.15) is 66.0 Å². The average Bonchev–Trinajstić information content (AvgIpc) is 2.81. The van der Waals surface area contributed by atoms with Gasteiger partial charge in [0.1, 0.15) is 5.60 Å². The van der Waals surface area contributed by atoms with Crippen molar-refractivity contribution in [1.82, 2.24) is 4.90 Å². The van der Waals surface area contributed by atoms with E-state index in [0.717, 1.165) is 19.5 Å². The summed E-state index contributed by atoms with van der Waals surface area (Å²) in [6.07, 6.45) is 1.60. The molecule has 0 aliphatic carbocycles. The molecule has 0 N–H and O–H groups in total. The van der Waals surface area contributed by atoms with Crippen molar-refractivity contribution in [2.24, 2.45) is 11.3 Å². The van der Waals surface area contributed by atoms with Crippen LogP contribution in [0.15, 0.2) is 30.3 Å². The van der Waals surface area contributed by atoms with Gasteiger partial charge in [-0.1, -0.05) is 50.6 Å². The fraction of sp³-hybridized carbons (Fsp3) is 0.667. The Bertz CT molecular complexity index is 549. The molecule has 1 saturated heterocycles. The molecular formula is C21H33NO2. The number of hydrogen-bond donors (Lipinski definition) is 0. The summed E-state index contributed by atoms with van der Waals surface area (Å²) in [5, 5.41) is 0. The number of likely N-dealkylation sites (tertiary alicyclic amines) is 1. The Kier molecular flexibility index (Phi) is 5.74. The summed E-state index contributed by atoms with van der Waals surface area (Å²) in [6.45, 7) is 14.5. The van der Waals surface area contributed by atoms with E-state index in [2.05, 4.69) is 56.0 Å². The zero-order chi connectivity index (χ0) is 18.0. The van der Waals surface area contributed by atoms with Crippen LogP contribution in [0.25, 0.3) is 0 Å². The van der Waals surface area contributed by atoms with Crippen molar-refractivity contribution in [3.63, 3.8) is 0 Å². The zero-order valence-corrected chi connectivity index (χ0v) is 16.1. The van der Waals surface area contributed by atoms with Crippen LogP contribution in [-0.2, 0) is 9.53 Å². The second-order valence-electron chi connectivity index (χ2n) is 8.54. The van der Waals surface area contributed by atoms with Gasteiger partial charge in [-0.15, -0.1) is 0 Å². The van der Waals surface area contributed by atoms with Crippen LogP contribution >= 0.6 is 0 Å². The Morgan fingerprint density at radius 3 is 2.50 bits per heavy atom. The molecule has 1 fully saturated rings. The predicted octanol–water partition coefficient (Wildman–Crippen LogP) is 4.83. The third-order valence-corrected chi connectivity index (χ3v) is 5.30. The first-order valence-corrected chi connectivity index (χ1v) is 9.15. The number of carbonyl (C=O) groups is 1. The molecule has 2 rings (SSSR count). The smallest absolute Gasteiger partial charge is 0.306 e. The highest BCUT2D eigenvalue weighted by atomic mass is 16.6. The quantitative estimate of drug-likeness (QED) is 0.724. The molecule has 0 spiro atoms. The van der Waals surface area contributed by atoms with Crippen LogP contribution in [0.4, 0.5) is 0 Å². The van der Waals surface area contributed by atoms with Crippen molar-refractivity contribution >= 4 is 5.97 Å². The van der Waals surface area contributed by atoms with Gasteiger partial charge in [-0.05, 0) is 44.6 Å². The Labute approximate surface area is 147 Å². The van der Waals surface area contributed by atoms with Gasteiger partial charge in [0, 0.05) is 19.1 Å². The highest BCUT2D eigenvalue weighted by molar-refractivity contribution is 5.71. The molecule has 3 atom stereocenters. The second-order valence-corrected chi connectivity index (χ2v) is 8.54. The van der Waals surface area contributed by atoms with Crippen LogP contribution in [-0.4, -0.2) is 29.6 Å². The first kappa shape index (κ1) is 19.0. The molecule has 0 amide bonds. The van der Waals surface area contributed by atoms with Crippen molar-refractivity contribution in [2.75, 3.05) is 13.1 Å². The van der Waals surface area contributed by atoms with Gasteiger partial charge in [-0.25, -0.2) is 0 Å². The molecule has 1 aliphatic rings. The van der Waals surface area contributed by atoms with Crippen molar-refractivity contribution in [2.45, 2.75) is 66.0 Å². The minimum Gasteiger partial charge on any atom is -0.460 e. The standard InChI is InChI=1S/C21H33NO2/c1-7-18-14-22(16(2)17-11-9-8-10-12-17)15-21(18,6)13-19(23)24-20(3,4)5/h8-12,16,18H,7,13-15H2,1-6H3/t16-,18?,21?/m1/s1. The van der Waals surface area contributed by atoms with Gasteiger partial charge in [0.15, 0.2) is 0 Å². The lowest BCUT2D eigenvalue weighted by atomic mass is 9.76. The number of esters is 1. The third-order valence-electron chi connectivity index (χ3n) is 5.30. The minimum atomic E-state index is -0.412. The summed E-state index contributed by atoms with van der Waals surface area (Å²) >= 11 is 0. The maximum absolute atomic E-state index is 12.4. The fourth-order valence-electron chi connectivity index (χ4n) is 3.93. The number of ether oxygens (including phenoxy) is 1. The van der Waals surface area contributed by atoms with Gasteiger partial charge in [-0.3, -0.25) is 9.69 Å². The van der Waals surface area contributed by atoms with E-state index >= 15 is 0 Å². The SMILES string of the molecule is CCC1CN([C@H](C)c2ccccc2)CC1(C)CC(=O)OC(C)(C)C. The summed E-state index contributed by atoms with van der Waals surface area (Å²) in [4.78, 5) is 14.9. The molecule has 1 aromatic rings. The molecule has 3 nitrogen and oxygen atoms in total. The lowest BCUT2D eigenvalue weighted by molar-refractivity contribution is -0.157. The zero-order valence-electron chi connectivity index (χ0n) is 16.1. The van der Waals surface area contributed by atoms with E-state index in [-0.39, 0.29) is 11.4 Å². The topological polar surface area (TPSA) is 29.5 Å². The Hall–Kier alpha value is -1.35. The van der Waals surface area contributed by atoms with Crippen LogP contribution in [0, 0.1) is 11.3 Å². The summed E-state index contributed by atoms with van der Waals surface area (Å²) in [5.41, 5.74) is 0.916. The summed E-state index contributed by atoms with van der Waals surface area (Å²) in [7, 11) is 0. The van der Waals surface area contributed by atoms with Crippen molar-refractivity contribution in [3.8, 4) is 0 Å². The fourth-order valence-corrected chi connectivity index (χ4v) is 3.93. The third kappa shape index (κ3) is 4.60. The van der Waals surface area contributed by atoms with Crippen molar-refractivity contribution in [3.05, 3.63) is 35.9 Å². The van der Waals surface area contributed by atoms with E-state index in [1.165, 1.54) is 5.56 Å². The number of nitrogens with zero attached hydrogens (tertiary/aromatic N) is 1. The summed E-state index contributed by atoms with van der Waals surface area (Å²) in [5.74, 6) is 0.453. The van der Waals surface area contributed by atoms with Crippen LogP contribution in [0.5, 0.6) is 0 Å². The van der Waals surface area contributed by atoms with Crippen LogP contribution in [0.3, 0.4) is 0 Å². The maximum Gasteiger partial charge on any atom is 0.306 e. The molecule has 24 heavy (non-hydrogen) atoms. The second kappa shape index (κ2) is 7.26. The van der Waals surface area contributed by atoms with Gasteiger partial charge in [0.05, 0.1) is 6.42 Å². The van der Waals surface area contributed by atoms with Gasteiger partial charge >= 0.3 is 5.97 Å². The molecule has 0 saturated carbocycles. The molecule has 134 valence electrons. The first-order chi connectivity index (χ1) is 11.1. The molecular weight excluding hydrogens is 298 g/mol. The Balaban J connectivity index is 2.09. The van der Waals surface area contributed by atoms with E-state index in [1.54, 1.807) is 0 Å². The lowest BCUT2D eigenvalue weighted by Gasteiger charge is -2.31. The van der Waals surface area contributed by atoms with Gasteiger partial charge in [-0.2, -0.15) is 0 Å². The van der Waals surface area contributed by atoms with E-state index in [4.69, 9.17) is 4.74 Å². The summed E-state index contributed by atoms with van der Waals surface area (Å²) < 4.78 is 5.58. The van der Waals surface area contributed by atoms with Crippen molar-refractivity contribution < 1.29 is 9.53 Å². The average molecular weight is 332 g/mol. The molecule has 0 bridgehead atoms. The van der Waals surface area contributed by atoms with Gasteiger partial charge in [0.25, 0.3) is 0 Å². The van der Waals surface area contributed by atoms with Gasteiger partial charge in [0.2, 0.25) is 0 Å². The monoisotopic (exact) mass is 331 g/mol. The lowest BCUT2D eigenvalue weighted by Crippen LogP contribution is -2.34.